The van der Waals surface area contributed by atoms with Crippen molar-refractivity contribution in [2.75, 3.05) is 31.1 Å². The average molecular weight is 442 g/mol. The zero-order valence-corrected chi connectivity index (χ0v) is 17.6. The Hall–Kier alpha value is -3.00. The van der Waals surface area contributed by atoms with E-state index in [-0.39, 0.29) is 22.9 Å². The number of amides is 1. The van der Waals surface area contributed by atoms with Crippen molar-refractivity contribution in [1.29, 1.82) is 0 Å². The van der Waals surface area contributed by atoms with Gasteiger partial charge in [0.1, 0.15) is 11.6 Å². The first kappa shape index (κ1) is 19.9. The maximum absolute atomic E-state index is 14.0. The van der Waals surface area contributed by atoms with Gasteiger partial charge in [-0.25, -0.2) is 9.37 Å². The van der Waals surface area contributed by atoms with Crippen LogP contribution in [0.25, 0.3) is 11.5 Å². The molecule has 0 N–H and O–H groups in total. The predicted octanol–water partition coefficient (Wildman–Crippen LogP) is 3.69. The van der Waals surface area contributed by atoms with Gasteiger partial charge in [0.05, 0.1) is 12.0 Å². The predicted molar refractivity (Wildman–Crippen MR) is 113 cm³/mol. The van der Waals surface area contributed by atoms with Crippen molar-refractivity contribution in [1.82, 2.24) is 20.1 Å². The Labute approximate surface area is 183 Å². The SMILES string of the molecule is O=C(Cc1c(F)cccc1Cl)N1CCN(c2ncccc2-c2nnc(C3CC3)o2)CC1. The smallest absolute Gasteiger partial charge is 0.251 e. The third-order valence-corrected chi connectivity index (χ3v) is 6.06. The molecule has 5 rings (SSSR count). The summed E-state index contributed by atoms with van der Waals surface area (Å²) in [5.41, 5.74) is 1.03. The lowest BCUT2D eigenvalue weighted by molar-refractivity contribution is -0.130. The van der Waals surface area contributed by atoms with Crippen molar-refractivity contribution in [3.8, 4) is 11.5 Å². The maximum Gasteiger partial charge on any atom is 0.251 e. The third-order valence-electron chi connectivity index (χ3n) is 5.71. The molecule has 1 aromatic carbocycles. The van der Waals surface area contributed by atoms with Gasteiger partial charge in [0.15, 0.2) is 0 Å². The second kappa shape index (κ2) is 8.26. The van der Waals surface area contributed by atoms with Crippen LogP contribution in [0.4, 0.5) is 10.2 Å². The minimum Gasteiger partial charge on any atom is -0.420 e. The Morgan fingerprint density at radius 1 is 1.13 bits per heavy atom. The van der Waals surface area contributed by atoms with Gasteiger partial charge in [0, 0.05) is 48.9 Å². The Kier molecular flexibility index (Phi) is 5.31. The van der Waals surface area contributed by atoms with Crippen LogP contribution in [0.2, 0.25) is 5.02 Å². The summed E-state index contributed by atoms with van der Waals surface area (Å²) in [5.74, 6) is 1.71. The number of benzene rings is 1. The monoisotopic (exact) mass is 441 g/mol. The normalized spacial score (nSPS) is 16.6. The van der Waals surface area contributed by atoms with Crippen LogP contribution in [0.5, 0.6) is 0 Å². The Morgan fingerprint density at radius 2 is 1.94 bits per heavy atom. The lowest BCUT2D eigenvalue weighted by atomic mass is 10.1. The van der Waals surface area contributed by atoms with Crippen molar-refractivity contribution < 1.29 is 13.6 Å². The van der Waals surface area contributed by atoms with E-state index in [1.54, 1.807) is 17.2 Å². The van der Waals surface area contributed by atoms with Gasteiger partial charge in [-0.2, -0.15) is 0 Å². The number of anilines is 1. The summed E-state index contributed by atoms with van der Waals surface area (Å²) in [6, 6.07) is 8.22. The number of carbonyl (C=O) groups excluding carboxylic acids is 1. The molecule has 9 heteroatoms. The molecule has 7 nitrogen and oxygen atoms in total. The van der Waals surface area contributed by atoms with Crippen LogP contribution in [-0.4, -0.2) is 52.2 Å². The molecule has 1 saturated carbocycles. The molecule has 3 heterocycles. The average Bonchev–Trinajstić information content (AvgIpc) is 3.53. The van der Waals surface area contributed by atoms with E-state index in [9.17, 15) is 9.18 Å². The summed E-state index contributed by atoms with van der Waals surface area (Å²) in [7, 11) is 0. The molecule has 1 saturated heterocycles. The number of nitrogens with zero attached hydrogens (tertiary/aromatic N) is 5. The highest BCUT2D eigenvalue weighted by molar-refractivity contribution is 6.31. The number of aromatic nitrogens is 3. The quantitative estimate of drug-likeness (QED) is 0.601. The Balaban J connectivity index is 1.27. The Bertz CT molecular complexity index is 1090. The number of carbonyl (C=O) groups is 1. The zero-order chi connectivity index (χ0) is 21.4. The lowest BCUT2D eigenvalue weighted by Crippen LogP contribution is -2.49. The molecule has 1 amide bonds. The lowest BCUT2D eigenvalue weighted by Gasteiger charge is -2.36. The van der Waals surface area contributed by atoms with Crippen LogP contribution in [0, 0.1) is 5.82 Å². The van der Waals surface area contributed by atoms with E-state index in [4.69, 9.17) is 16.0 Å². The molecule has 31 heavy (non-hydrogen) atoms. The van der Waals surface area contributed by atoms with Gasteiger partial charge in [-0.15, -0.1) is 10.2 Å². The van der Waals surface area contributed by atoms with Gasteiger partial charge in [-0.05, 0) is 37.1 Å². The number of rotatable bonds is 5. The van der Waals surface area contributed by atoms with Crippen LogP contribution >= 0.6 is 11.6 Å². The topological polar surface area (TPSA) is 75.4 Å². The molecule has 2 aromatic heterocycles. The highest BCUT2D eigenvalue weighted by Crippen LogP contribution is 2.40. The first-order chi connectivity index (χ1) is 15.1. The molecule has 0 unspecified atom stereocenters. The van der Waals surface area contributed by atoms with E-state index < -0.39 is 5.82 Å². The molecule has 0 spiro atoms. The fourth-order valence-electron chi connectivity index (χ4n) is 3.79. The van der Waals surface area contributed by atoms with E-state index in [2.05, 4.69) is 20.1 Å². The number of pyridine rings is 1. The molecule has 160 valence electrons. The van der Waals surface area contributed by atoms with Crippen LogP contribution < -0.4 is 4.90 Å². The summed E-state index contributed by atoms with van der Waals surface area (Å²) in [5, 5.41) is 8.66. The number of piperazine rings is 1. The Morgan fingerprint density at radius 3 is 2.68 bits per heavy atom. The molecule has 0 radical (unpaired) electrons. The van der Waals surface area contributed by atoms with E-state index in [1.165, 1.54) is 12.1 Å². The summed E-state index contributed by atoms with van der Waals surface area (Å²) >= 11 is 6.07. The number of halogens is 2. The van der Waals surface area contributed by atoms with Crippen LogP contribution in [0.1, 0.15) is 30.2 Å². The van der Waals surface area contributed by atoms with Crippen molar-refractivity contribution in [2.24, 2.45) is 0 Å². The maximum atomic E-state index is 14.0. The van der Waals surface area contributed by atoms with Gasteiger partial charge in [0.25, 0.3) is 5.89 Å². The van der Waals surface area contributed by atoms with Crippen molar-refractivity contribution >= 4 is 23.3 Å². The third kappa shape index (κ3) is 4.12. The molecule has 1 aliphatic carbocycles. The van der Waals surface area contributed by atoms with Crippen molar-refractivity contribution in [2.45, 2.75) is 25.2 Å². The van der Waals surface area contributed by atoms with Gasteiger partial charge in [-0.3, -0.25) is 4.79 Å². The van der Waals surface area contributed by atoms with Crippen molar-refractivity contribution in [3.05, 3.63) is 58.8 Å². The van der Waals surface area contributed by atoms with Gasteiger partial charge in [0.2, 0.25) is 11.8 Å². The molecule has 3 aromatic rings. The van der Waals surface area contributed by atoms with Crippen molar-refractivity contribution in [3.63, 3.8) is 0 Å². The molecular weight excluding hydrogens is 421 g/mol. The standard InChI is InChI=1S/C22H21ClFN5O2/c23-17-4-1-5-18(24)16(17)13-19(30)28-9-11-29(12-10-28)20-15(3-2-8-25-20)22-27-26-21(31-22)14-6-7-14/h1-5,8,14H,6-7,9-13H2. The highest BCUT2D eigenvalue weighted by Gasteiger charge is 2.31. The van der Waals surface area contributed by atoms with Gasteiger partial charge < -0.3 is 14.2 Å². The molecule has 1 aliphatic heterocycles. The van der Waals surface area contributed by atoms with E-state index in [0.29, 0.717) is 43.9 Å². The van der Waals surface area contributed by atoms with E-state index in [1.807, 2.05) is 12.1 Å². The highest BCUT2D eigenvalue weighted by atomic mass is 35.5. The van der Waals surface area contributed by atoms with E-state index in [0.717, 1.165) is 24.2 Å². The van der Waals surface area contributed by atoms with Gasteiger partial charge in [-0.1, -0.05) is 17.7 Å². The second-order valence-electron chi connectivity index (χ2n) is 7.84. The van der Waals surface area contributed by atoms with Crippen LogP contribution in [0.15, 0.2) is 40.9 Å². The minimum absolute atomic E-state index is 0.0493. The van der Waals surface area contributed by atoms with E-state index >= 15 is 0 Å². The minimum atomic E-state index is -0.456. The first-order valence-electron chi connectivity index (χ1n) is 10.3. The van der Waals surface area contributed by atoms with Gasteiger partial charge >= 0.3 is 0 Å². The second-order valence-corrected chi connectivity index (χ2v) is 8.25. The van der Waals surface area contributed by atoms with Crippen LogP contribution in [-0.2, 0) is 11.2 Å². The zero-order valence-electron chi connectivity index (χ0n) is 16.8. The molecule has 0 atom stereocenters. The summed E-state index contributed by atoms with van der Waals surface area (Å²) in [6.45, 7) is 2.23. The largest absolute Gasteiger partial charge is 0.420 e. The molecule has 2 fully saturated rings. The number of hydrogen-bond acceptors (Lipinski definition) is 6. The number of hydrogen-bond donors (Lipinski definition) is 0. The molecular formula is C22H21ClFN5O2. The fraction of sp³-hybridized carbons (Fsp3) is 0.364. The first-order valence-corrected chi connectivity index (χ1v) is 10.7. The fourth-order valence-corrected chi connectivity index (χ4v) is 4.02. The van der Waals surface area contributed by atoms with Crippen LogP contribution in [0.3, 0.4) is 0 Å². The summed E-state index contributed by atoms with van der Waals surface area (Å²) < 4.78 is 19.9. The summed E-state index contributed by atoms with van der Waals surface area (Å²) in [6.07, 6.45) is 3.87. The molecule has 2 aliphatic rings. The molecule has 0 bridgehead atoms. The summed E-state index contributed by atoms with van der Waals surface area (Å²) in [4.78, 5) is 21.1.